The molecule has 1 aromatic carbocycles. The number of piperazine rings is 1. The molecule has 134 valence electrons. The number of aryl methyl sites for hydroxylation is 1. The van der Waals surface area contributed by atoms with Gasteiger partial charge in [-0.25, -0.2) is 14.8 Å². The fraction of sp³-hybridized carbons (Fsp3) is 0.316. The number of urea groups is 1. The molecular formula is C19H22N6O. The van der Waals surface area contributed by atoms with E-state index in [1.54, 1.807) is 7.05 Å². The minimum absolute atomic E-state index is 0.0222. The minimum Gasteiger partial charge on any atom is -0.353 e. The van der Waals surface area contributed by atoms with Crippen LogP contribution in [0.3, 0.4) is 0 Å². The van der Waals surface area contributed by atoms with Gasteiger partial charge in [-0.2, -0.15) is 0 Å². The normalized spacial score (nSPS) is 14.7. The van der Waals surface area contributed by atoms with Crippen LogP contribution in [-0.4, -0.2) is 58.7 Å². The van der Waals surface area contributed by atoms with Gasteiger partial charge in [0.1, 0.15) is 11.6 Å². The Morgan fingerprint density at radius 3 is 2.62 bits per heavy atom. The highest BCUT2D eigenvalue weighted by Gasteiger charge is 2.21. The van der Waals surface area contributed by atoms with Crippen LogP contribution in [-0.2, 0) is 7.05 Å². The lowest BCUT2D eigenvalue weighted by molar-refractivity contribution is 0.196. The SMILES string of the molecule is CNC(=O)N1CCN(c2cc(-c3nc4ccccc4n3C)ccn2)CC1. The number of anilines is 1. The maximum absolute atomic E-state index is 11.7. The Kier molecular flexibility index (Phi) is 4.20. The third-order valence-electron chi connectivity index (χ3n) is 4.90. The molecule has 1 aliphatic rings. The first kappa shape index (κ1) is 16.4. The molecule has 1 saturated heterocycles. The van der Waals surface area contributed by atoms with E-state index >= 15 is 0 Å². The summed E-state index contributed by atoms with van der Waals surface area (Å²) in [7, 11) is 3.70. The van der Waals surface area contributed by atoms with E-state index in [-0.39, 0.29) is 6.03 Å². The topological polar surface area (TPSA) is 66.3 Å². The fourth-order valence-electron chi connectivity index (χ4n) is 3.43. The van der Waals surface area contributed by atoms with Gasteiger partial charge >= 0.3 is 6.03 Å². The summed E-state index contributed by atoms with van der Waals surface area (Å²) in [4.78, 5) is 25.1. The molecule has 0 atom stereocenters. The Morgan fingerprint density at radius 1 is 1.12 bits per heavy atom. The van der Waals surface area contributed by atoms with Gasteiger partial charge < -0.3 is 19.7 Å². The minimum atomic E-state index is -0.0222. The number of fused-ring (bicyclic) bond motifs is 1. The predicted octanol–water partition coefficient (Wildman–Crippen LogP) is 2.10. The largest absolute Gasteiger partial charge is 0.353 e. The predicted molar refractivity (Wildman–Crippen MR) is 102 cm³/mol. The van der Waals surface area contributed by atoms with Gasteiger partial charge in [0, 0.05) is 52.0 Å². The van der Waals surface area contributed by atoms with E-state index in [0.717, 1.165) is 41.3 Å². The number of carbonyl (C=O) groups is 1. The Hall–Kier alpha value is -3.09. The zero-order valence-electron chi connectivity index (χ0n) is 15.0. The van der Waals surface area contributed by atoms with E-state index in [4.69, 9.17) is 4.98 Å². The van der Waals surface area contributed by atoms with Gasteiger partial charge in [0.05, 0.1) is 11.0 Å². The van der Waals surface area contributed by atoms with Crippen molar-refractivity contribution in [2.75, 3.05) is 38.1 Å². The molecule has 7 heteroatoms. The number of pyridine rings is 1. The molecule has 1 N–H and O–H groups in total. The maximum atomic E-state index is 11.7. The summed E-state index contributed by atoms with van der Waals surface area (Å²) in [5, 5.41) is 2.68. The van der Waals surface area contributed by atoms with Crippen molar-refractivity contribution >= 4 is 22.9 Å². The number of hydrogen-bond donors (Lipinski definition) is 1. The van der Waals surface area contributed by atoms with Crippen molar-refractivity contribution in [1.82, 2.24) is 24.8 Å². The number of nitrogens with one attached hydrogen (secondary N) is 1. The summed E-state index contributed by atoms with van der Waals surface area (Å²) >= 11 is 0. The Balaban J connectivity index is 1.59. The second kappa shape index (κ2) is 6.67. The Bertz CT molecular complexity index is 942. The van der Waals surface area contributed by atoms with Crippen LogP contribution in [0.2, 0.25) is 0 Å². The number of aromatic nitrogens is 3. The summed E-state index contributed by atoms with van der Waals surface area (Å²) in [6, 6.07) is 12.2. The van der Waals surface area contributed by atoms with Gasteiger partial charge in [-0.3, -0.25) is 0 Å². The number of amides is 2. The average molecular weight is 350 g/mol. The quantitative estimate of drug-likeness (QED) is 0.769. The molecule has 2 aromatic heterocycles. The van der Waals surface area contributed by atoms with Gasteiger partial charge in [-0.05, 0) is 24.3 Å². The van der Waals surface area contributed by atoms with Gasteiger partial charge in [0.15, 0.2) is 0 Å². The van der Waals surface area contributed by atoms with Crippen molar-refractivity contribution in [2.45, 2.75) is 0 Å². The molecule has 0 unspecified atom stereocenters. The van der Waals surface area contributed by atoms with E-state index in [1.165, 1.54) is 0 Å². The molecule has 0 bridgehead atoms. The summed E-state index contributed by atoms with van der Waals surface area (Å²) in [6.07, 6.45) is 1.83. The monoisotopic (exact) mass is 350 g/mol. The van der Waals surface area contributed by atoms with Crippen LogP contribution in [0.1, 0.15) is 0 Å². The van der Waals surface area contributed by atoms with Crippen LogP contribution in [0, 0.1) is 0 Å². The molecular weight excluding hydrogens is 328 g/mol. The van der Waals surface area contributed by atoms with Crippen molar-refractivity contribution in [1.29, 1.82) is 0 Å². The highest BCUT2D eigenvalue weighted by molar-refractivity contribution is 5.80. The first-order valence-electron chi connectivity index (χ1n) is 8.77. The number of rotatable bonds is 2. The summed E-state index contributed by atoms with van der Waals surface area (Å²) < 4.78 is 2.11. The van der Waals surface area contributed by atoms with Gasteiger partial charge in [-0.1, -0.05) is 12.1 Å². The fourth-order valence-corrected chi connectivity index (χ4v) is 3.43. The number of carbonyl (C=O) groups excluding carboxylic acids is 1. The molecule has 0 saturated carbocycles. The number of nitrogens with zero attached hydrogens (tertiary/aromatic N) is 5. The van der Waals surface area contributed by atoms with E-state index in [2.05, 4.69) is 31.9 Å². The van der Waals surface area contributed by atoms with Crippen LogP contribution in [0.15, 0.2) is 42.6 Å². The highest BCUT2D eigenvalue weighted by Crippen LogP contribution is 2.26. The summed E-state index contributed by atoms with van der Waals surface area (Å²) in [5.41, 5.74) is 3.14. The molecule has 3 heterocycles. The van der Waals surface area contributed by atoms with Crippen LogP contribution in [0.4, 0.5) is 10.6 Å². The molecule has 4 rings (SSSR count). The molecule has 7 nitrogen and oxygen atoms in total. The van der Waals surface area contributed by atoms with Crippen molar-refractivity contribution in [3.8, 4) is 11.4 Å². The second-order valence-electron chi connectivity index (χ2n) is 6.42. The molecule has 3 aromatic rings. The molecule has 1 aliphatic heterocycles. The van der Waals surface area contributed by atoms with Crippen molar-refractivity contribution in [3.63, 3.8) is 0 Å². The van der Waals surface area contributed by atoms with E-state index in [1.807, 2.05) is 42.4 Å². The number of para-hydroxylation sites is 2. The van der Waals surface area contributed by atoms with Crippen molar-refractivity contribution in [3.05, 3.63) is 42.6 Å². The first-order valence-corrected chi connectivity index (χ1v) is 8.77. The average Bonchev–Trinajstić information content (AvgIpc) is 3.04. The lowest BCUT2D eigenvalue weighted by Gasteiger charge is -2.35. The number of imidazole rings is 1. The number of hydrogen-bond acceptors (Lipinski definition) is 4. The third kappa shape index (κ3) is 2.85. The molecule has 0 radical (unpaired) electrons. The molecule has 26 heavy (non-hydrogen) atoms. The summed E-state index contributed by atoms with van der Waals surface area (Å²) in [5.74, 6) is 1.85. The van der Waals surface area contributed by atoms with Crippen molar-refractivity contribution < 1.29 is 4.79 Å². The molecule has 2 amide bonds. The van der Waals surface area contributed by atoms with E-state index in [9.17, 15) is 4.79 Å². The zero-order chi connectivity index (χ0) is 18.1. The molecule has 0 spiro atoms. The maximum Gasteiger partial charge on any atom is 0.317 e. The van der Waals surface area contributed by atoms with Crippen LogP contribution in [0.5, 0.6) is 0 Å². The highest BCUT2D eigenvalue weighted by atomic mass is 16.2. The lowest BCUT2D eigenvalue weighted by atomic mass is 10.2. The van der Waals surface area contributed by atoms with E-state index < -0.39 is 0 Å². The smallest absolute Gasteiger partial charge is 0.317 e. The molecule has 0 aliphatic carbocycles. The third-order valence-corrected chi connectivity index (χ3v) is 4.90. The Morgan fingerprint density at radius 2 is 1.88 bits per heavy atom. The zero-order valence-corrected chi connectivity index (χ0v) is 15.0. The van der Waals surface area contributed by atoms with Gasteiger partial charge in [-0.15, -0.1) is 0 Å². The number of benzene rings is 1. The Labute approximate surface area is 152 Å². The van der Waals surface area contributed by atoms with Crippen LogP contribution >= 0.6 is 0 Å². The van der Waals surface area contributed by atoms with E-state index in [0.29, 0.717) is 13.1 Å². The summed E-state index contributed by atoms with van der Waals surface area (Å²) in [6.45, 7) is 2.93. The van der Waals surface area contributed by atoms with Gasteiger partial charge in [0.25, 0.3) is 0 Å². The van der Waals surface area contributed by atoms with Crippen molar-refractivity contribution in [2.24, 2.45) is 7.05 Å². The van der Waals surface area contributed by atoms with Crippen LogP contribution in [0.25, 0.3) is 22.4 Å². The lowest BCUT2D eigenvalue weighted by Crippen LogP contribution is -2.51. The van der Waals surface area contributed by atoms with Gasteiger partial charge in [0.2, 0.25) is 0 Å². The standard InChI is InChI=1S/C19H22N6O/c1-20-19(26)25-11-9-24(10-12-25)17-13-14(7-8-21-17)18-22-15-5-3-4-6-16(15)23(18)2/h3-8,13H,9-12H2,1-2H3,(H,20,26). The second-order valence-corrected chi connectivity index (χ2v) is 6.42. The molecule has 1 fully saturated rings. The van der Waals surface area contributed by atoms with Crippen LogP contribution < -0.4 is 10.2 Å². The first-order chi connectivity index (χ1) is 12.7.